The van der Waals surface area contributed by atoms with E-state index in [2.05, 4.69) is 12.6 Å². The van der Waals surface area contributed by atoms with E-state index in [1.54, 1.807) is 7.11 Å². The van der Waals surface area contributed by atoms with Crippen molar-refractivity contribution in [2.75, 3.05) is 20.3 Å². The zero-order valence-electron chi connectivity index (χ0n) is 13.3. The van der Waals surface area contributed by atoms with E-state index in [-0.39, 0.29) is 13.2 Å². The van der Waals surface area contributed by atoms with E-state index in [0.29, 0.717) is 6.61 Å². The van der Waals surface area contributed by atoms with E-state index >= 15 is 0 Å². The highest BCUT2D eigenvalue weighted by Crippen LogP contribution is 2.27. The molecule has 0 unspecified atom stereocenters. The normalized spacial score (nSPS) is 31.1. The van der Waals surface area contributed by atoms with E-state index in [0.717, 1.165) is 11.3 Å². The zero-order chi connectivity index (χ0) is 16.8. The van der Waals surface area contributed by atoms with E-state index in [1.165, 1.54) is 0 Å². The van der Waals surface area contributed by atoms with Crippen molar-refractivity contribution in [2.45, 2.75) is 43.4 Å². The molecule has 1 saturated heterocycles. The standard InChI is InChI=1S/C16H24O6S/c1-3-20-9-12-13(17)14(18)15(16(23)22-12)21-8-10-4-6-11(19-2)7-5-10/h4-7,12-18,23H,3,8-9H2,1-2H3/t12-,13+,14+,15-,16+/m1/s1. The van der Waals surface area contributed by atoms with Crippen LogP contribution in [0.25, 0.3) is 0 Å². The number of rotatable bonds is 7. The van der Waals surface area contributed by atoms with Gasteiger partial charge in [-0.3, -0.25) is 0 Å². The van der Waals surface area contributed by atoms with Gasteiger partial charge in [-0.2, -0.15) is 0 Å². The average Bonchev–Trinajstić information content (AvgIpc) is 2.57. The molecule has 23 heavy (non-hydrogen) atoms. The fraction of sp³-hybridized carbons (Fsp3) is 0.625. The van der Waals surface area contributed by atoms with Crippen LogP contribution in [-0.2, 0) is 20.8 Å². The Morgan fingerprint density at radius 1 is 1.17 bits per heavy atom. The van der Waals surface area contributed by atoms with E-state index in [1.807, 2.05) is 31.2 Å². The van der Waals surface area contributed by atoms with Crippen LogP contribution in [-0.4, -0.2) is 60.4 Å². The maximum Gasteiger partial charge on any atom is 0.129 e. The lowest BCUT2D eigenvalue weighted by Gasteiger charge is -2.40. The smallest absolute Gasteiger partial charge is 0.129 e. The van der Waals surface area contributed by atoms with Gasteiger partial charge in [0.25, 0.3) is 0 Å². The lowest BCUT2D eigenvalue weighted by molar-refractivity contribution is -0.224. The quantitative estimate of drug-likeness (QED) is 0.641. The molecule has 0 aromatic heterocycles. The Morgan fingerprint density at radius 3 is 2.48 bits per heavy atom. The fourth-order valence-corrected chi connectivity index (χ4v) is 2.81. The Morgan fingerprint density at radius 2 is 1.87 bits per heavy atom. The molecule has 130 valence electrons. The van der Waals surface area contributed by atoms with Gasteiger partial charge in [-0.25, -0.2) is 0 Å². The molecule has 7 heteroatoms. The Bertz CT molecular complexity index is 468. The Labute approximate surface area is 141 Å². The molecule has 5 atom stereocenters. The van der Waals surface area contributed by atoms with Gasteiger partial charge in [0.2, 0.25) is 0 Å². The van der Waals surface area contributed by atoms with Gasteiger partial charge in [0.05, 0.1) is 20.3 Å². The van der Waals surface area contributed by atoms with Crippen molar-refractivity contribution in [1.29, 1.82) is 0 Å². The molecule has 2 N–H and O–H groups in total. The molecule has 0 radical (unpaired) electrons. The molecule has 0 spiro atoms. The summed E-state index contributed by atoms with van der Waals surface area (Å²) in [6, 6.07) is 7.41. The number of thiol groups is 1. The second-order valence-corrected chi connectivity index (χ2v) is 5.84. The summed E-state index contributed by atoms with van der Waals surface area (Å²) in [5.74, 6) is 0.760. The minimum atomic E-state index is -1.09. The third kappa shape index (κ3) is 4.82. The van der Waals surface area contributed by atoms with Crippen LogP contribution in [0.15, 0.2) is 24.3 Å². The molecule has 1 heterocycles. The number of ether oxygens (including phenoxy) is 4. The van der Waals surface area contributed by atoms with Crippen molar-refractivity contribution in [2.24, 2.45) is 0 Å². The van der Waals surface area contributed by atoms with Crippen LogP contribution >= 0.6 is 12.6 Å². The van der Waals surface area contributed by atoms with E-state index < -0.39 is 29.9 Å². The molecule has 6 nitrogen and oxygen atoms in total. The van der Waals surface area contributed by atoms with Gasteiger partial charge in [-0.05, 0) is 24.6 Å². The summed E-state index contributed by atoms with van der Waals surface area (Å²) in [6.45, 7) is 2.84. The highest BCUT2D eigenvalue weighted by molar-refractivity contribution is 7.80. The van der Waals surface area contributed by atoms with Crippen molar-refractivity contribution < 1.29 is 29.2 Å². The zero-order valence-corrected chi connectivity index (χ0v) is 14.2. The van der Waals surface area contributed by atoms with Crippen molar-refractivity contribution in [3.05, 3.63) is 29.8 Å². The van der Waals surface area contributed by atoms with E-state index in [9.17, 15) is 10.2 Å². The molecule has 0 aliphatic carbocycles. The summed E-state index contributed by atoms with van der Waals surface area (Å²) in [6.07, 6.45) is -3.51. The van der Waals surface area contributed by atoms with Crippen LogP contribution in [0.1, 0.15) is 12.5 Å². The molecule has 1 fully saturated rings. The summed E-state index contributed by atoms with van der Waals surface area (Å²) in [5, 5.41) is 20.4. The molecular weight excluding hydrogens is 320 g/mol. The van der Waals surface area contributed by atoms with Gasteiger partial charge in [0, 0.05) is 6.61 Å². The largest absolute Gasteiger partial charge is 0.497 e. The Kier molecular flexibility index (Phi) is 7.13. The van der Waals surface area contributed by atoms with Gasteiger partial charge >= 0.3 is 0 Å². The molecule has 1 aromatic rings. The topological polar surface area (TPSA) is 77.4 Å². The fourth-order valence-electron chi connectivity index (χ4n) is 2.39. The van der Waals surface area contributed by atoms with Gasteiger partial charge in [-0.15, -0.1) is 12.6 Å². The van der Waals surface area contributed by atoms with Crippen molar-refractivity contribution in [1.82, 2.24) is 0 Å². The number of aliphatic hydroxyl groups excluding tert-OH is 2. The maximum atomic E-state index is 10.3. The minimum absolute atomic E-state index is 0.205. The van der Waals surface area contributed by atoms with Gasteiger partial charge in [0.15, 0.2) is 0 Å². The number of aliphatic hydroxyl groups is 2. The van der Waals surface area contributed by atoms with Gasteiger partial charge in [0.1, 0.15) is 35.6 Å². The first-order valence-electron chi connectivity index (χ1n) is 7.58. The highest BCUT2D eigenvalue weighted by Gasteiger charge is 2.43. The molecule has 1 aromatic carbocycles. The molecule has 0 bridgehead atoms. The van der Waals surface area contributed by atoms with E-state index in [4.69, 9.17) is 18.9 Å². The summed E-state index contributed by atoms with van der Waals surface area (Å²) in [7, 11) is 1.60. The lowest BCUT2D eigenvalue weighted by atomic mass is 10.00. The van der Waals surface area contributed by atoms with Crippen LogP contribution in [0.2, 0.25) is 0 Å². The Hall–Kier alpha value is -0.830. The summed E-state index contributed by atoms with van der Waals surface area (Å²) in [5.41, 5.74) is 0.279. The monoisotopic (exact) mass is 344 g/mol. The average molecular weight is 344 g/mol. The number of benzene rings is 1. The van der Waals surface area contributed by atoms with Gasteiger partial charge < -0.3 is 29.2 Å². The van der Waals surface area contributed by atoms with Crippen LogP contribution in [0.4, 0.5) is 0 Å². The molecule has 1 aliphatic rings. The molecular formula is C16H24O6S. The second-order valence-electron chi connectivity index (χ2n) is 5.33. The molecule has 0 amide bonds. The van der Waals surface area contributed by atoms with Crippen LogP contribution < -0.4 is 4.74 Å². The first kappa shape index (κ1) is 18.5. The minimum Gasteiger partial charge on any atom is -0.497 e. The number of hydrogen-bond acceptors (Lipinski definition) is 7. The number of hydrogen-bond donors (Lipinski definition) is 3. The van der Waals surface area contributed by atoms with Crippen molar-refractivity contribution in [3.8, 4) is 5.75 Å². The SMILES string of the molecule is CCOC[C@H]1O[C@@H](S)[C@H](OCc2ccc(OC)cc2)[C@@H](O)[C@H]1O. The summed E-state index contributed by atoms with van der Waals surface area (Å²) in [4.78, 5) is 0. The van der Waals surface area contributed by atoms with Crippen LogP contribution in [0.3, 0.4) is 0 Å². The third-order valence-electron chi connectivity index (χ3n) is 3.75. The first-order chi connectivity index (χ1) is 11.1. The molecule has 0 saturated carbocycles. The van der Waals surface area contributed by atoms with Crippen molar-refractivity contribution >= 4 is 12.6 Å². The predicted octanol–water partition coefficient (Wildman–Crippen LogP) is 0.993. The van der Waals surface area contributed by atoms with Crippen LogP contribution in [0.5, 0.6) is 5.75 Å². The molecule has 2 rings (SSSR count). The second kappa shape index (κ2) is 8.86. The summed E-state index contributed by atoms with van der Waals surface area (Å²) < 4.78 is 21.6. The maximum absolute atomic E-state index is 10.3. The van der Waals surface area contributed by atoms with Gasteiger partial charge in [-0.1, -0.05) is 12.1 Å². The van der Waals surface area contributed by atoms with Crippen molar-refractivity contribution in [3.63, 3.8) is 0 Å². The molecule has 1 aliphatic heterocycles. The number of methoxy groups -OCH3 is 1. The third-order valence-corrected chi connectivity index (χ3v) is 4.17. The first-order valence-corrected chi connectivity index (χ1v) is 8.10. The summed E-state index contributed by atoms with van der Waals surface area (Å²) >= 11 is 4.32. The lowest BCUT2D eigenvalue weighted by Crippen LogP contribution is -2.58. The van der Waals surface area contributed by atoms with Crippen LogP contribution in [0, 0.1) is 0 Å². The predicted molar refractivity (Wildman–Crippen MR) is 87.7 cm³/mol. The Balaban J connectivity index is 1.91. The highest BCUT2D eigenvalue weighted by atomic mass is 32.1.